The molecule has 0 aliphatic heterocycles. The Kier molecular flexibility index (Phi) is 7.41. The number of rotatable bonds is 1. The van der Waals surface area contributed by atoms with Gasteiger partial charge in [-0.3, -0.25) is 10.1 Å². The number of non-ortho nitro benzene ring substituents is 1. The van der Waals surface area contributed by atoms with E-state index in [4.69, 9.17) is 6.42 Å². The second-order valence-corrected chi connectivity index (χ2v) is 1.93. The predicted molar refractivity (Wildman–Crippen MR) is 39.3 cm³/mol. The maximum absolute atomic E-state index is 10.1. The van der Waals surface area contributed by atoms with E-state index in [1.165, 1.54) is 24.3 Å². The number of nitro groups is 1. The van der Waals surface area contributed by atoms with Crippen molar-refractivity contribution >= 4 is 5.69 Å². The standard InChI is InChI=1S/C8H4NO2.ClH.Ru/c1-2-7-3-5-8(6-4-7)9(10)11;;/h3-6H;1H;/q;;+1/p-1. The molecule has 0 N–H and O–H groups in total. The zero-order chi connectivity index (χ0) is 8.27. The molecule has 0 heterocycles. The minimum atomic E-state index is -0.478. The molecule has 0 fully saturated rings. The summed E-state index contributed by atoms with van der Waals surface area (Å²) < 4.78 is 0. The normalized spacial score (nSPS) is 7.31. The molecule has 0 aliphatic rings. The average molecular weight is 283 g/mol. The van der Waals surface area contributed by atoms with Crippen molar-refractivity contribution in [1.29, 1.82) is 0 Å². The van der Waals surface area contributed by atoms with Crippen LogP contribution in [-0.4, -0.2) is 4.92 Å². The zero-order valence-electron chi connectivity index (χ0n) is 6.30. The average Bonchev–Trinajstić information content (AvgIpc) is 2.05. The minimum Gasteiger partial charge on any atom is -1.00 e. The van der Waals surface area contributed by atoms with Gasteiger partial charge < -0.3 is 12.4 Å². The van der Waals surface area contributed by atoms with E-state index in [9.17, 15) is 10.1 Å². The first-order valence-electron chi connectivity index (χ1n) is 2.91. The first-order valence-corrected chi connectivity index (χ1v) is 2.91. The molecule has 0 bridgehead atoms. The van der Waals surface area contributed by atoms with Crippen LogP contribution in [0, 0.1) is 22.5 Å². The SMILES string of the molecule is [C]#Cc1ccc([N+](=O)[O-])cc1.[Cl-].[Ru+]. The molecule has 0 aromatic heterocycles. The first kappa shape index (κ1) is 14.6. The second-order valence-electron chi connectivity index (χ2n) is 1.93. The fraction of sp³-hybridized carbons (Fsp3) is 0. The van der Waals surface area contributed by atoms with E-state index in [1.807, 2.05) is 0 Å². The monoisotopic (exact) mass is 283 g/mol. The van der Waals surface area contributed by atoms with Gasteiger partial charge in [-0.25, -0.2) is 0 Å². The summed E-state index contributed by atoms with van der Waals surface area (Å²) in [5.74, 6) is 2.12. The smallest absolute Gasteiger partial charge is 1.00 e. The Labute approximate surface area is 94.8 Å². The summed E-state index contributed by atoms with van der Waals surface area (Å²) in [5.41, 5.74) is 0.569. The fourth-order valence-corrected chi connectivity index (χ4v) is 0.666. The van der Waals surface area contributed by atoms with E-state index in [0.717, 1.165) is 0 Å². The molecular formula is C8H4ClNO2Ru. The van der Waals surface area contributed by atoms with Gasteiger partial charge in [-0.05, 0) is 18.6 Å². The summed E-state index contributed by atoms with van der Waals surface area (Å²) in [6, 6.07) is 5.64. The van der Waals surface area contributed by atoms with Gasteiger partial charge in [0.1, 0.15) is 0 Å². The van der Waals surface area contributed by atoms with Crippen molar-refractivity contribution in [3.8, 4) is 5.92 Å². The van der Waals surface area contributed by atoms with Crippen molar-refractivity contribution in [2.24, 2.45) is 0 Å². The van der Waals surface area contributed by atoms with E-state index in [1.54, 1.807) is 0 Å². The molecule has 13 heavy (non-hydrogen) atoms. The minimum absolute atomic E-state index is 0. The Hall–Kier alpha value is -0.907. The van der Waals surface area contributed by atoms with Crippen LogP contribution in [0.4, 0.5) is 5.69 Å². The van der Waals surface area contributed by atoms with Gasteiger partial charge in [0.25, 0.3) is 5.69 Å². The van der Waals surface area contributed by atoms with Crippen LogP contribution in [0.25, 0.3) is 0 Å². The Bertz CT molecular complexity index is 318. The summed E-state index contributed by atoms with van der Waals surface area (Å²) in [6.07, 6.45) is 6.70. The molecule has 68 valence electrons. The van der Waals surface area contributed by atoms with Crippen LogP contribution in [0.3, 0.4) is 0 Å². The van der Waals surface area contributed by atoms with Gasteiger partial charge in [-0.1, -0.05) is 5.92 Å². The molecule has 0 saturated carbocycles. The molecule has 5 heteroatoms. The Balaban J connectivity index is 0. The summed E-state index contributed by atoms with van der Waals surface area (Å²) >= 11 is 0. The Morgan fingerprint density at radius 1 is 1.31 bits per heavy atom. The number of benzene rings is 1. The van der Waals surface area contributed by atoms with Crippen molar-refractivity contribution in [2.45, 2.75) is 0 Å². The summed E-state index contributed by atoms with van der Waals surface area (Å²) in [7, 11) is 0. The second kappa shape index (κ2) is 6.59. The molecule has 0 amide bonds. The third-order valence-corrected chi connectivity index (χ3v) is 1.22. The van der Waals surface area contributed by atoms with Gasteiger partial charge in [0.15, 0.2) is 0 Å². The van der Waals surface area contributed by atoms with Crippen LogP contribution in [0.2, 0.25) is 0 Å². The van der Waals surface area contributed by atoms with Crippen LogP contribution >= 0.6 is 0 Å². The number of nitrogens with zero attached hydrogens (tertiary/aromatic N) is 1. The number of hydrogen-bond acceptors (Lipinski definition) is 2. The fourth-order valence-electron chi connectivity index (χ4n) is 0.666. The molecule has 0 saturated heterocycles. The predicted octanol–water partition coefficient (Wildman–Crippen LogP) is -1.47. The topological polar surface area (TPSA) is 43.1 Å². The van der Waals surface area contributed by atoms with E-state index in [2.05, 4.69) is 5.92 Å². The van der Waals surface area contributed by atoms with Crippen LogP contribution in [0.5, 0.6) is 0 Å². The molecular weight excluding hydrogens is 279 g/mol. The molecule has 1 aromatic rings. The third kappa shape index (κ3) is 4.03. The quantitative estimate of drug-likeness (QED) is 0.273. The van der Waals surface area contributed by atoms with Gasteiger partial charge >= 0.3 is 19.5 Å². The summed E-state index contributed by atoms with van der Waals surface area (Å²) in [5, 5.41) is 10.1. The number of hydrogen-bond donors (Lipinski definition) is 0. The Morgan fingerprint density at radius 2 is 1.77 bits per heavy atom. The number of halogens is 1. The first-order chi connectivity index (χ1) is 5.24. The van der Waals surface area contributed by atoms with Crippen LogP contribution in [-0.2, 0) is 19.5 Å². The molecule has 2 radical (unpaired) electrons. The van der Waals surface area contributed by atoms with Gasteiger partial charge in [0.05, 0.1) is 4.92 Å². The third-order valence-electron chi connectivity index (χ3n) is 1.22. The molecule has 0 unspecified atom stereocenters. The number of nitro benzene ring substituents is 1. The molecule has 0 aliphatic carbocycles. The van der Waals surface area contributed by atoms with Crippen LogP contribution in [0.15, 0.2) is 24.3 Å². The van der Waals surface area contributed by atoms with Gasteiger partial charge in [0, 0.05) is 17.7 Å². The van der Waals surface area contributed by atoms with E-state index in [-0.39, 0.29) is 37.6 Å². The van der Waals surface area contributed by atoms with E-state index in [0.29, 0.717) is 5.56 Å². The van der Waals surface area contributed by atoms with Crippen LogP contribution in [0.1, 0.15) is 5.56 Å². The summed E-state index contributed by atoms with van der Waals surface area (Å²) in [6.45, 7) is 0. The van der Waals surface area contributed by atoms with Crippen molar-refractivity contribution < 1.29 is 36.8 Å². The summed E-state index contributed by atoms with van der Waals surface area (Å²) in [4.78, 5) is 9.66. The molecule has 3 nitrogen and oxygen atoms in total. The van der Waals surface area contributed by atoms with Crippen molar-refractivity contribution in [1.82, 2.24) is 0 Å². The van der Waals surface area contributed by atoms with E-state index >= 15 is 0 Å². The van der Waals surface area contributed by atoms with Gasteiger partial charge in [-0.15, -0.1) is 0 Å². The van der Waals surface area contributed by atoms with Gasteiger partial charge in [-0.2, -0.15) is 0 Å². The van der Waals surface area contributed by atoms with Gasteiger partial charge in [0.2, 0.25) is 0 Å². The maximum atomic E-state index is 10.1. The molecule has 0 atom stereocenters. The Morgan fingerprint density at radius 3 is 2.08 bits per heavy atom. The largest absolute Gasteiger partial charge is 1.00 e. The molecule has 1 rings (SSSR count). The van der Waals surface area contributed by atoms with Crippen molar-refractivity contribution in [3.05, 3.63) is 46.4 Å². The maximum Gasteiger partial charge on any atom is 1.00 e. The van der Waals surface area contributed by atoms with Crippen LogP contribution < -0.4 is 12.4 Å². The molecule has 1 aromatic carbocycles. The zero-order valence-corrected chi connectivity index (χ0v) is 8.80. The van der Waals surface area contributed by atoms with Crippen molar-refractivity contribution in [2.75, 3.05) is 0 Å². The van der Waals surface area contributed by atoms with Crippen molar-refractivity contribution in [3.63, 3.8) is 0 Å². The van der Waals surface area contributed by atoms with E-state index < -0.39 is 4.92 Å². The molecule has 0 spiro atoms.